The largest absolute Gasteiger partial charge is 0.496 e. The van der Waals surface area contributed by atoms with Crippen LogP contribution < -0.4 is 15.6 Å². The van der Waals surface area contributed by atoms with Gasteiger partial charge in [-0.25, -0.2) is 4.98 Å². The lowest BCUT2D eigenvalue weighted by Crippen LogP contribution is -2.23. The summed E-state index contributed by atoms with van der Waals surface area (Å²) >= 11 is 1.24. The number of carbonyl (C=O) groups excluding carboxylic acids is 1. The Morgan fingerprint density at radius 3 is 3.00 bits per heavy atom. The van der Waals surface area contributed by atoms with Gasteiger partial charge in [0.1, 0.15) is 16.9 Å². The number of fused-ring (bicyclic) bond motifs is 1. The Bertz CT molecular complexity index is 871. The Hall–Kier alpha value is -2.74. The fraction of sp³-hybridized carbons (Fsp3) is 0.0769. The number of anilines is 1. The van der Waals surface area contributed by atoms with E-state index >= 15 is 0 Å². The van der Waals surface area contributed by atoms with Crippen molar-refractivity contribution in [3.8, 4) is 5.75 Å². The third-order valence-electron chi connectivity index (χ3n) is 2.83. The molecule has 7 nitrogen and oxygen atoms in total. The maximum absolute atomic E-state index is 12.2. The van der Waals surface area contributed by atoms with Crippen LogP contribution in [0.1, 0.15) is 10.4 Å². The first-order valence-corrected chi connectivity index (χ1v) is 6.84. The minimum atomic E-state index is -0.443. The summed E-state index contributed by atoms with van der Waals surface area (Å²) in [6.45, 7) is 0. The number of nitrogens with one attached hydrogen (secondary N) is 1. The zero-order valence-electron chi connectivity index (χ0n) is 10.9. The molecule has 1 aromatic carbocycles. The smallest absolute Gasteiger partial charge is 0.298 e. The first-order chi connectivity index (χ1) is 10.2. The van der Waals surface area contributed by atoms with Gasteiger partial charge < -0.3 is 10.1 Å². The summed E-state index contributed by atoms with van der Waals surface area (Å²) < 4.78 is 6.26. The van der Waals surface area contributed by atoms with Crippen molar-refractivity contribution in [1.29, 1.82) is 0 Å². The highest BCUT2D eigenvalue weighted by Gasteiger charge is 2.14. The van der Waals surface area contributed by atoms with Crippen molar-refractivity contribution in [3.05, 3.63) is 51.9 Å². The van der Waals surface area contributed by atoms with Gasteiger partial charge in [-0.1, -0.05) is 23.5 Å². The monoisotopic (exact) mass is 302 g/mol. The summed E-state index contributed by atoms with van der Waals surface area (Å²) in [5.41, 5.74) is 1.48. The normalized spacial score (nSPS) is 10.5. The second-order valence-electron chi connectivity index (χ2n) is 4.06. The maximum Gasteiger partial charge on any atom is 0.298 e. The Balaban J connectivity index is 1.96. The molecule has 2 heterocycles. The minimum Gasteiger partial charge on any atom is -0.496 e. The van der Waals surface area contributed by atoms with E-state index < -0.39 is 11.5 Å². The Kier molecular flexibility index (Phi) is 3.36. The summed E-state index contributed by atoms with van der Waals surface area (Å²) in [6, 6.07) is 6.75. The molecule has 0 radical (unpaired) electrons. The third kappa shape index (κ3) is 2.36. The zero-order valence-corrected chi connectivity index (χ0v) is 11.8. The van der Waals surface area contributed by atoms with E-state index in [-0.39, 0.29) is 5.69 Å². The van der Waals surface area contributed by atoms with Crippen LogP contribution in [0.25, 0.3) is 4.96 Å². The Morgan fingerprint density at radius 2 is 2.19 bits per heavy atom. The van der Waals surface area contributed by atoms with Gasteiger partial charge in [-0.15, -0.1) is 0 Å². The highest BCUT2D eigenvalue weighted by atomic mass is 32.1. The fourth-order valence-electron chi connectivity index (χ4n) is 1.84. The molecular weight excluding hydrogens is 292 g/mol. The van der Waals surface area contributed by atoms with Gasteiger partial charge >= 0.3 is 0 Å². The van der Waals surface area contributed by atoms with E-state index in [4.69, 9.17) is 4.74 Å². The standard InChI is InChI=1S/C13H10N4O3S/c1-20-10-5-3-2-4-8(10)11(18)16-9-6-14-13-17(12(9)19)15-7-21-13/h2-7H,1H3,(H,16,18). The SMILES string of the molecule is COc1ccccc1C(=O)Nc1cnc2scnn2c1=O. The van der Waals surface area contributed by atoms with E-state index in [0.717, 1.165) is 4.52 Å². The second kappa shape index (κ2) is 5.33. The van der Waals surface area contributed by atoms with Crippen LogP contribution in [-0.2, 0) is 0 Å². The number of hydrogen-bond acceptors (Lipinski definition) is 6. The quantitative estimate of drug-likeness (QED) is 0.790. The van der Waals surface area contributed by atoms with Crippen molar-refractivity contribution in [2.45, 2.75) is 0 Å². The summed E-state index contributed by atoms with van der Waals surface area (Å²) in [6.07, 6.45) is 1.32. The van der Waals surface area contributed by atoms with E-state index in [1.807, 2.05) is 0 Å². The van der Waals surface area contributed by atoms with Crippen LogP contribution in [0, 0.1) is 0 Å². The van der Waals surface area contributed by atoms with Crippen molar-refractivity contribution in [3.63, 3.8) is 0 Å². The predicted molar refractivity (Wildman–Crippen MR) is 78.1 cm³/mol. The fourth-order valence-corrected chi connectivity index (χ4v) is 2.42. The van der Waals surface area contributed by atoms with Gasteiger partial charge in [-0.2, -0.15) is 9.61 Å². The number of carbonyl (C=O) groups is 1. The van der Waals surface area contributed by atoms with Gasteiger partial charge in [0.05, 0.1) is 18.9 Å². The average Bonchev–Trinajstić information content (AvgIpc) is 2.99. The number of para-hydroxylation sites is 1. The van der Waals surface area contributed by atoms with E-state index in [1.54, 1.807) is 24.3 Å². The molecule has 0 fully saturated rings. The molecule has 1 N–H and O–H groups in total. The Labute approximate surface area is 122 Å². The molecule has 0 spiro atoms. The highest BCUT2D eigenvalue weighted by Crippen LogP contribution is 2.18. The van der Waals surface area contributed by atoms with Crippen molar-refractivity contribution in [2.24, 2.45) is 0 Å². The second-order valence-corrected chi connectivity index (χ2v) is 4.88. The highest BCUT2D eigenvalue weighted by molar-refractivity contribution is 7.14. The van der Waals surface area contributed by atoms with E-state index in [0.29, 0.717) is 16.3 Å². The average molecular weight is 302 g/mol. The lowest BCUT2D eigenvalue weighted by Gasteiger charge is -2.08. The number of aromatic nitrogens is 3. The summed E-state index contributed by atoms with van der Waals surface area (Å²) in [5.74, 6) is -0.0145. The van der Waals surface area contributed by atoms with Crippen molar-refractivity contribution in [1.82, 2.24) is 14.6 Å². The van der Waals surface area contributed by atoms with Gasteiger partial charge in [0, 0.05) is 0 Å². The Morgan fingerprint density at radius 1 is 1.38 bits per heavy atom. The molecule has 0 saturated heterocycles. The van der Waals surface area contributed by atoms with Crippen LogP contribution in [0.5, 0.6) is 5.75 Å². The topological polar surface area (TPSA) is 85.6 Å². The number of hydrogen-bond donors (Lipinski definition) is 1. The predicted octanol–water partition coefficient (Wildman–Crippen LogP) is 1.41. The molecule has 3 rings (SSSR count). The van der Waals surface area contributed by atoms with Gasteiger partial charge in [0.2, 0.25) is 4.96 Å². The van der Waals surface area contributed by atoms with Gasteiger partial charge in [0.15, 0.2) is 0 Å². The molecule has 0 unspecified atom stereocenters. The molecular formula is C13H10N4O3S. The van der Waals surface area contributed by atoms with Crippen molar-refractivity contribution >= 4 is 27.9 Å². The third-order valence-corrected chi connectivity index (χ3v) is 3.52. The first kappa shape index (κ1) is 13.3. The molecule has 0 saturated carbocycles. The van der Waals surface area contributed by atoms with E-state index in [2.05, 4.69) is 15.4 Å². The summed E-state index contributed by atoms with van der Waals surface area (Å²) in [5, 5.41) is 6.41. The molecule has 1 amide bonds. The summed E-state index contributed by atoms with van der Waals surface area (Å²) in [7, 11) is 1.48. The molecule has 0 atom stereocenters. The van der Waals surface area contributed by atoms with Crippen LogP contribution in [0.2, 0.25) is 0 Å². The van der Waals surface area contributed by atoms with Crippen LogP contribution in [-0.4, -0.2) is 27.6 Å². The lowest BCUT2D eigenvalue weighted by atomic mass is 10.2. The van der Waals surface area contributed by atoms with E-state index in [9.17, 15) is 9.59 Å². The number of amides is 1. The molecule has 106 valence electrons. The first-order valence-electron chi connectivity index (χ1n) is 5.96. The molecule has 0 bridgehead atoms. The molecule has 2 aromatic heterocycles. The maximum atomic E-state index is 12.2. The molecule has 0 aliphatic carbocycles. The number of ether oxygens (including phenoxy) is 1. The molecule has 0 aliphatic heterocycles. The van der Waals surface area contributed by atoms with Crippen LogP contribution >= 0.6 is 11.3 Å². The van der Waals surface area contributed by atoms with Gasteiger partial charge in [-0.05, 0) is 12.1 Å². The van der Waals surface area contributed by atoms with Crippen LogP contribution in [0.15, 0.2) is 40.8 Å². The zero-order chi connectivity index (χ0) is 14.8. The van der Waals surface area contributed by atoms with Crippen molar-refractivity contribution < 1.29 is 9.53 Å². The number of rotatable bonds is 3. The number of methoxy groups -OCH3 is 1. The molecule has 8 heteroatoms. The minimum absolute atomic E-state index is 0.0642. The molecule has 3 aromatic rings. The lowest BCUT2D eigenvalue weighted by molar-refractivity contribution is 0.102. The molecule has 0 aliphatic rings. The van der Waals surface area contributed by atoms with Gasteiger partial charge in [0.25, 0.3) is 11.5 Å². The van der Waals surface area contributed by atoms with Crippen molar-refractivity contribution in [2.75, 3.05) is 12.4 Å². The molecule has 21 heavy (non-hydrogen) atoms. The number of benzene rings is 1. The summed E-state index contributed by atoms with van der Waals surface area (Å²) in [4.78, 5) is 28.9. The van der Waals surface area contributed by atoms with E-state index in [1.165, 1.54) is 30.2 Å². The van der Waals surface area contributed by atoms with Gasteiger partial charge in [-0.3, -0.25) is 9.59 Å². The van der Waals surface area contributed by atoms with Crippen LogP contribution in [0.3, 0.4) is 0 Å². The number of nitrogens with zero attached hydrogens (tertiary/aromatic N) is 3. The van der Waals surface area contributed by atoms with Crippen LogP contribution in [0.4, 0.5) is 5.69 Å².